The van der Waals surface area contributed by atoms with E-state index in [1.54, 1.807) is 0 Å². The van der Waals surface area contributed by atoms with Gasteiger partial charge in [0, 0.05) is 0 Å². The van der Waals surface area contributed by atoms with E-state index in [0.717, 1.165) is 33.6 Å². The third-order valence-electron chi connectivity index (χ3n) is 2.82. The van der Waals surface area contributed by atoms with Gasteiger partial charge in [0.05, 0.1) is 20.1 Å². The van der Waals surface area contributed by atoms with Crippen molar-refractivity contribution in [2.24, 2.45) is 0 Å². The number of aromatic nitrogens is 3. The Balaban J connectivity index is 2.19. The van der Waals surface area contributed by atoms with E-state index in [0.29, 0.717) is 4.88 Å². The van der Waals surface area contributed by atoms with Crippen LogP contribution < -0.4 is 5.32 Å². The zero-order chi connectivity index (χ0) is 14.7. The Morgan fingerprint density at radius 2 is 2.00 bits per heavy atom. The van der Waals surface area contributed by atoms with Crippen LogP contribution in [0.4, 0.5) is 5.95 Å². The molecule has 7 heteroatoms. The Kier molecular flexibility index (Phi) is 4.82. The molecule has 0 aliphatic rings. The summed E-state index contributed by atoms with van der Waals surface area (Å²) in [4.78, 5) is 17.1. The van der Waals surface area contributed by atoms with Gasteiger partial charge < -0.3 is 0 Å². The SMILES string of the molecule is CCc1nnc(NC(=O)c2cc(C)c(Br)s2)nc1CC. The first-order chi connectivity index (χ1) is 9.55. The molecule has 0 saturated heterocycles. The van der Waals surface area contributed by atoms with E-state index in [2.05, 4.69) is 36.4 Å². The number of carbonyl (C=O) groups excluding carboxylic acids is 1. The highest BCUT2D eigenvalue weighted by Crippen LogP contribution is 2.27. The average molecular weight is 355 g/mol. The van der Waals surface area contributed by atoms with Crippen LogP contribution in [-0.4, -0.2) is 21.1 Å². The van der Waals surface area contributed by atoms with Crippen molar-refractivity contribution in [2.45, 2.75) is 33.6 Å². The maximum atomic E-state index is 12.1. The number of halogens is 1. The Morgan fingerprint density at radius 1 is 1.30 bits per heavy atom. The summed E-state index contributed by atoms with van der Waals surface area (Å²) >= 11 is 4.79. The highest BCUT2D eigenvalue weighted by atomic mass is 79.9. The molecule has 0 fully saturated rings. The number of nitrogens with one attached hydrogen (secondary N) is 1. The molecule has 20 heavy (non-hydrogen) atoms. The van der Waals surface area contributed by atoms with Crippen LogP contribution in [0, 0.1) is 6.92 Å². The number of amides is 1. The second-order valence-corrected chi connectivity index (χ2v) is 6.63. The summed E-state index contributed by atoms with van der Waals surface area (Å²) < 4.78 is 0.956. The molecule has 0 spiro atoms. The van der Waals surface area contributed by atoms with E-state index in [1.807, 2.05) is 26.8 Å². The molecule has 0 aromatic carbocycles. The number of aryl methyl sites for hydroxylation is 3. The van der Waals surface area contributed by atoms with Gasteiger partial charge in [-0.25, -0.2) is 4.98 Å². The Morgan fingerprint density at radius 3 is 2.55 bits per heavy atom. The van der Waals surface area contributed by atoms with E-state index in [4.69, 9.17) is 0 Å². The molecule has 0 aliphatic carbocycles. The number of carbonyl (C=O) groups is 1. The van der Waals surface area contributed by atoms with Gasteiger partial charge in [0.15, 0.2) is 0 Å². The highest BCUT2D eigenvalue weighted by molar-refractivity contribution is 9.11. The molecular formula is C13H15BrN4OS. The predicted octanol–water partition coefficient (Wildman–Crippen LogP) is 3.38. The molecule has 0 bridgehead atoms. The maximum Gasteiger partial charge on any atom is 0.268 e. The van der Waals surface area contributed by atoms with Crippen LogP contribution in [0.1, 0.15) is 40.5 Å². The first-order valence-electron chi connectivity index (χ1n) is 6.34. The summed E-state index contributed by atoms with van der Waals surface area (Å²) in [7, 11) is 0. The van der Waals surface area contributed by atoms with Gasteiger partial charge in [-0.05, 0) is 47.3 Å². The van der Waals surface area contributed by atoms with Crippen LogP contribution in [0.25, 0.3) is 0 Å². The summed E-state index contributed by atoms with van der Waals surface area (Å²) in [6.45, 7) is 5.96. The third-order valence-corrected chi connectivity index (χ3v) is 4.95. The molecule has 0 radical (unpaired) electrons. The van der Waals surface area contributed by atoms with Crippen molar-refractivity contribution >= 4 is 39.1 Å². The molecule has 2 aromatic rings. The minimum absolute atomic E-state index is 0.211. The zero-order valence-electron chi connectivity index (χ0n) is 11.5. The third kappa shape index (κ3) is 3.21. The van der Waals surface area contributed by atoms with Gasteiger partial charge in [0.2, 0.25) is 5.95 Å². The molecule has 2 rings (SSSR count). The number of anilines is 1. The molecule has 1 amide bonds. The Hall–Kier alpha value is -1.34. The smallest absolute Gasteiger partial charge is 0.268 e. The van der Waals surface area contributed by atoms with Crippen LogP contribution in [0.15, 0.2) is 9.85 Å². The van der Waals surface area contributed by atoms with Crippen molar-refractivity contribution in [2.75, 3.05) is 5.32 Å². The molecule has 2 heterocycles. The molecule has 0 atom stereocenters. The number of thiophene rings is 1. The lowest BCUT2D eigenvalue weighted by molar-refractivity contribution is 0.102. The number of rotatable bonds is 4. The predicted molar refractivity (Wildman–Crippen MR) is 83.3 cm³/mol. The van der Waals surface area contributed by atoms with Crippen LogP contribution in [0.3, 0.4) is 0 Å². The van der Waals surface area contributed by atoms with Crippen LogP contribution >= 0.6 is 27.3 Å². The van der Waals surface area contributed by atoms with Crippen LogP contribution in [0.5, 0.6) is 0 Å². The molecule has 0 unspecified atom stereocenters. The second-order valence-electron chi connectivity index (χ2n) is 4.26. The summed E-state index contributed by atoms with van der Waals surface area (Å²) in [5, 5.41) is 10.7. The van der Waals surface area contributed by atoms with Crippen molar-refractivity contribution in [3.05, 3.63) is 31.7 Å². The van der Waals surface area contributed by atoms with Gasteiger partial charge in [0.25, 0.3) is 5.91 Å². The second kappa shape index (κ2) is 6.41. The van der Waals surface area contributed by atoms with E-state index in [1.165, 1.54) is 11.3 Å². The first-order valence-corrected chi connectivity index (χ1v) is 7.95. The van der Waals surface area contributed by atoms with Crippen LogP contribution in [-0.2, 0) is 12.8 Å². The summed E-state index contributed by atoms with van der Waals surface area (Å²) in [6.07, 6.45) is 1.56. The normalized spacial score (nSPS) is 10.6. The first kappa shape index (κ1) is 15.1. The summed E-state index contributed by atoms with van der Waals surface area (Å²) in [5.74, 6) is 0.0446. The maximum absolute atomic E-state index is 12.1. The van der Waals surface area contributed by atoms with Gasteiger partial charge in [-0.3, -0.25) is 10.1 Å². The van der Waals surface area contributed by atoms with Gasteiger partial charge in [0.1, 0.15) is 0 Å². The molecule has 0 saturated carbocycles. The average Bonchev–Trinajstić information content (AvgIpc) is 2.78. The number of hydrogen-bond acceptors (Lipinski definition) is 5. The summed E-state index contributed by atoms with van der Waals surface area (Å²) in [6, 6.07) is 1.83. The molecular weight excluding hydrogens is 340 g/mol. The number of hydrogen-bond donors (Lipinski definition) is 1. The minimum atomic E-state index is -0.211. The van der Waals surface area contributed by atoms with E-state index < -0.39 is 0 Å². The minimum Gasteiger partial charge on any atom is -0.288 e. The molecule has 106 valence electrons. The van der Waals surface area contributed by atoms with Crippen molar-refractivity contribution < 1.29 is 4.79 Å². The van der Waals surface area contributed by atoms with Crippen molar-refractivity contribution in [3.63, 3.8) is 0 Å². The van der Waals surface area contributed by atoms with Crippen molar-refractivity contribution in [1.29, 1.82) is 0 Å². The fourth-order valence-electron chi connectivity index (χ4n) is 1.73. The van der Waals surface area contributed by atoms with E-state index in [9.17, 15) is 4.79 Å². The molecule has 0 aliphatic heterocycles. The van der Waals surface area contributed by atoms with Crippen LogP contribution in [0.2, 0.25) is 0 Å². The van der Waals surface area contributed by atoms with Gasteiger partial charge >= 0.3 is 0 Å². The van der Waals surface area contributed by atoms with Crippen molar-refractivity contribution in [3.8, 4) is 0 Å². The topological polar surface area (TPSA) is 67.8 Å². The lowest BCUT2D eigenvalue weighted by atomic mass is 10.2. The van der Waals surface area contributed by atoms with E-state index >= 15 is 0 Å². The quantitative estimate of drug-likeness (QED) is 0.913. The molecule has 5 nitrogen and oxygen atoms in total. The fraction of sp³-hybridized carbons (Fsp3) is 0.385. The Labute approximate surface area is 130 Å². The van der Waals surface area contributed by atoms with Gasteiger partial charge in [-0.1, -0.05) is 13.8 Å². The fourth-order valence-corrected chi connectivity index (χ4v) is 3.16. The summed E-state index contributed by atoms with van der Waals surface area (Å²) in [5.41, 5.74) is 2.79. The monoisotopic (exact) mass is 354 g/mol. The Bertz CT molecular complexity index is 622. The van der Waals surface area contributed by atoms with Gasteiger partial charge in [-0.2, -0.15) is 0 Å². The van der Waals surface area contributed by atoms with Crippen molar-refractivity contribution in [1.82, 2.24) is 15.2 Å². The standard InChI is InChI=1S/C13H15BrN4OS/c1-4-8-9(5-2)17-18-13(15-8)16-12(19)10-6-7(3)11(14)20-10/h6H,4-5H2,1-3H3,(H,15,16,18,19). The molecule has 2 aromatic heterocycles. The molecule has 1 N–H and O–H groups in total. The lowest BCUT2D eigenvalue weighted by Gasteiger charge is -2.06. The largest absolute Gasteiger partial charge is 0.288 e. The number of nitrogens with zero attached hydrogens (tertiary/aromatic N) is 3. The zero-order valence-corrected chi connectivity index (χ0v) is 13.9. The highest BCUT2D eigenvalue weighted by Gasteiger charge is 2.14. The van der Waals surface area contributed by atoms with E-state index in [-0.39, 0.29) is 11.9 Å². The lowest BCUT2D eigenvalue weighted by Crippen LogP contribution is -2.15. The van der Waals surface area contributed by atoms with Gasteiger partial charge in [-0.15, -0.1) is 21.5 Å².